The number of rotatable bonds is 7. The Kier molecular flexibility index (Phi) is 6.67. The summed E-state index contributed by atoms with van der Waals surface area (Å²) in [6.07, 6.45) is 0.834. The molecular weight excluding hydrogens is 488 g/mol. The van der Waals surface area contributed by atoms with Gasteiger partial charge in [-0.1, -0.05) is 48.6 Å². The number of benzene rings is 3. The number of Topliss-reactive ketones (excluding diaryl/α,β-unsaturated/α-hetero) is 1. The standard InChI is InChI=1S/C29H26N2O5S/c1-4-14-36-21-7-5-6-19(16-21)26(32)24-25(18-9-11-20(35-3)12-10-18)31(28(34)27(24)33)29-30-22-13-8-17(2)15-23(22)37-29/h5-13,15-16,25,32H,4,14H2,1-3H3/b26-24+. The smallest absolute Gasteiger partial charge is 0.301 e. The normalized spacial score (nSPS) is 16.9. The minimum atomic E-state index is -0.868. The van der Waals surface area contributed by atoms with E-state index in [1.807, 2.05) is 32.0 Å². The van der Waals surface area contributed by atoms with Crippen molar-refractivity contribution in [3.05, 3.63) is 89.0 Å². The summed E-state index contributed by atoms with van der Waals surface area (Å²) < 4.78 is 11.9. The van der Waals surface area contributed by atoms with Crippen LogP contribution in [0, 0.1) is 6.92 Å². The Bertz CT molecular complexity index is 1520. The lowest BCUT2D eigenvalue weighted by Crippen LogP contribution is -2.29. The molecule has 0 radical (unpaired) electrons. The lowest BCUT2D eigenvalue weighted by atomic mass is 9.95. The van der Waals surface area contributed by atoms with Crippen molar-refractivity contribution in [2.75, 3.05) is 18.6 Å². The van der Waals surface area contributed by atoms with Crippen LogP contribution in [0.3, 0.4) is 0 Å². The van der Waals surface area contributed by atoms with Crippen LogP contribution in [0.25, 0.3) is 16.0 Å². The maximum Gasteiger partial charge on any atom is 0.301 e. The molecule has 0 spiro atoms. The molecule has 0 aliphatic carbocycles. The fraction of sp³-hybridized carbons (Fsp3) is 0.207. The van der Waals surface area contributed by atoms with Gasteiger partial charge in [0, 0.05) is 5.56 Å². The van der Waals surface area contributed by atoms with Crippen molar-refractivity contribution in [3.8, 4) is 11.5 Å². The van der Waals surface area contributed by atoms with E-state index in [1.54, 1.807) is 55.6 Å². The topological polar surface area (TPSA) is 89.0 Å². The molecule has 1 fully saturated rings. The van der Waals surface area contributed by atoms with E-state index in [9.17, 15) is 14.7 Å². The van der Waals surface area contributed by atoms with Gasteiger partial charge in [-0.15, -0.1) is 0 Å². The van der Waals surface area contributed by atoms with Gasteiger partial charge in [0.25, 0.3) is 5.78 Å². The summed E-state index contributed by atoms with van der Waals surface area (Å²) in [6, 6.07) is 19.0. The zero-order chi connectivity index (χ0) is 26.1. The number of methoxy groups -OCH3 is 1. The molecule has 5 rings (SSSR count). The summed E-state index contributed by atoms with van der Waals surface area (Å²) >= 11 is 1.33. The third kappa shape index (κ3) is 4.56. The fourth-order valence-corrected chi connectivity index (χ4v) is 5.45. The van der Waals surface area contributed by atoms with Crippen molar-refractivity contribution in [3.63, 3.8) is 0 Å². The number of amides is 1. The first-order valence-electron chi connectivity index (χ1n) is 12.0. The van der Waals surface area contributed by atoms with E-state index in [2.05, 4.69) is 4.98 Å². The molecule has 7 nitrogen and oxygen atoms in total. The zero-order valence-corrected chi connectivity index (χ0v) is 21.5. The Morgan fingerprint density at radius 3 is 2.57 bits per heavy atom. The molecule has 3 aromatic carbocycles. The highest BCUT2D eigenvalue weighted by Gasteiger charge is 2.48. The number of hydrogen-bond acceptors (Lipinski definition) is 7. The molecule has 1 aliphatic heterocycles. The van der Waals surface area contributed by atoms with Crippen LogP contribution in [0.2, 0.25) is 0 Å². The fourth-order valence-electron chi connectivity index (χ4n) is 4.36. The zero-order valence-electron chi connectivity index (χ0n) is 20.7. The number of carbonyl (C=O) groups is 2. The van der Waals surface area contributed by atoms with Crippen molar-refractivity contribution in [1.29, 1.82) is 0 Å². The Labute approximate surface area is 218 Å². The van der Waals surface area contributed by atoms with Gasteiger partial charge in [-0.2, -0.15) is 0 Å². The van der Waals surface area contributed by atoms with Gasteiger partial charge >= 0.3 is 5.91 Å². The van der Waals surface area contributed by atoms with Crippen LogP contribution >= 0.6 is 11.3 Å². The Morgan fingerprint density at radius 2 is 1.84 bits per heavy atom. The van der Waals surface area contributed by atoms with Crippen LogP contribution < -0.4 is 14.4 Å². The number of thiazole rings is 1. The molecule has 0 saturated carbocycles. The first-order chi connectivity index (χ1) is 17.9. The predicted octanol–water partition coefficient (Wildman–Crippen LogP) is 6.03. The number of ether oxygens (including phenoxy) is 2. The number of aliphatic hydroxyl groups is 1. The molecule has 1 N–H and O–H groups in total. The second-order valence-corrected chi connectivity index (χ2v) is 9.80. The van der Waals surface area contributed by atoms with E-state index in [1.165, 1.54) is 16.2 Å². The minimum Gasteiger partial charge on any atom is -0.507 e. The van der Waals surface area contributed by atoms with Crippen molar-refractivity contribution in [2.24, 2.45) is 0 Å². The first-order valence-corrected chi connectivity index (χ1v) is 12.8. The van der Waals surface area contributed by atoms with Crippen molar-refractivity contribution in [2.45, 2.75) is 26.3 Å². The first kappa shape index (κ1) is 24.5. The largest absolute Gasteiger partial charge is 0.507 e. The van der Waals surface area contributed by atoms with Gasteiger partial charge in [-0.3, -0.25) is 14.5 Å². The molecule has 1 saturated heterocycles. The highest BCUT2D eigenvalue weighted by Crippen LogP contribution is 2.44. The number of nitrogens with zero attached hydrogens (tertiary/aromatic N) is 2. The van der Waals surface area contributed by atoms with E-state index in [4.69, 9.17) is 9.47 Å². The molecule has 1 amide bonds. The van der Waals surface area contributed by atoms with Crippen LogP contribution in [-0.4, -0.2) is 35.5 Å². The molecule has 37 heavy (non-hydrogen) atoms. The monoisotopic (exact) mass is 514 g/mol. The highest BCUT2D eigenvalue weighted by atomic mass is 32.1. The SMILES string of the molecule is CCCOc1cccc(/C(O)=C2\C(=O)C(=O)N(c3nc4ccc(C)cc4s3)C2c2ccc(OC)cc2)c1. The van der Waals surface area contributed by atoms with Crippen LogP contribution in [-0.2, 0) is 9.59 Å². The van der Waals surface area contributed by atoms with Gasteiger partial charge in [-0.05, 0) is 60.9 Å². The quantitative estimate of drug-likeness (QED) is 0.184. The second-order valence-electron chi connectivity index (χ2n) is 8.79. The van der Waals surface area contributed by atoms with Gasteiger partial charge in [0.05, 0.1) is 35.5 Å². The van der Waals surface area contributed by atoms with Crippen LogP contribution in [0.15, 0.2) is 72.3 Å². The van der Waals surface area contributed by atoms with Gasteiger partial charge in [0.2, 0.25) is 0 Å². The summed E-state index contributed by atoms with van der Waals surface area (Å²) in [7, 11) is 1.57. The number of aryl methyl sites for hydroxylation is 1. The summed E-state index contributed by atoms with van der Waals surface area (Å²) in [5, 5.41) is 11.8. The molecule has 1 aliphatic rings. The van der Waals surface area contributed by atoms with Gasteiger partial charge in [0.1, 0.15) is 17.3 Å². The minimum absolute atomic E-state index is 0.00162. The number of carbonyl (C=O) groups excluding carboxylic acids is 2. The average molecular weight is 515 g/mol. The molecule has 1 atom stereocenters. The highest BCUT2D eigenvalue weighted by molar-refractivity contribution is 7.22. The summed E-state index contributed by atoms with van der Waals surface area (Å²) in [6.45, 7) is 4.52. The van der Waals surface area contributed by atoms with Crippen molar-refractivity contribution < 1.29 is 24.2 Å². The number of aliphatic hydroxyl groups excluding tert-OH is 1. The molecule has 0 bridgehead atoms. The molecule has 2 heterocycles. The van der Waals surface area contributed by atoms with Gasteiger partial charge < -0.3 is 14.6 Å². The number of fused-ring (bicyclic) bond motifs is 1. The second kappa shape index (κ2) is 10.1. The van der Waals surface area contributed by atoms with Crippen LogP contribution in [0.4, 0.5) is 5.13 Å². The lowest BCUT2D eigenvalue weighted by Gasteiger charge is -2.23. The molecule has 1 aromatic heterocycles. The van der Waals surface area contributed by atoms with E-state index in [-0.39, 0.29) is 11.3 Å². The third-order valence-corrected chi connectivity index (χ3v) is 7.21. The summed E-state index contributed by atoms with van der Waals surface area (Å²) in [5.41, 5.74) is 2.85. The van der Waals surface area contributed by atoms with E-state index in [0.29, 0.717) is 34.4 Å². The third-order valence-electron chi connectivity index (χ3n) is 6.20. The van der Waals surface area contributed by atoms with Gasteiger partial charge in [-0.25, -0.2) is 4.98 Å². The van der Waals surface area contributed by atoms with Crippen molar-refractivity contribution >= 4 is 44.1 Å². The number of hydrogen-bond donors (Lipinski definition) is 1. The number of aromatic nitrogens is 1. The van der Waals surface area contributed by atoms with E-state index < -0.39 is 17.7 Å². The number of anilines is 1. The maximum absolute atomic E-state index is 13.5. The predicted molar refractivity (Wildman–Crippen MR) is 144 cm³/mol. The summed E-state index contributed by atoms with van der Waals surface area (Å²) in [5.74, 6) is -0.564. The van der Waals surface area contributed by atoms with E-state index in [0.717, 1.165) is 22.2 Å². The molecule has 188 valence electrons. The molecule has 1 unspecified atom stereocenters. The van der Waals surface area contributed by atoms with Crippen LogP contribution in [0.1, 0.15) is 36.1 Å². The Hall–Kier alpha value is -4.17. The molecule has 8 heteroatoms. The summed E-state index contributed by atoms with van der Waals surface area (Å²) in [4.78, 5) is 33.0. The maximum atomic E-state index is 13.5. The Balaban J connectivity index is 1.68. The lowest BCUT2D eigenvalue weighted by molar-refractivity contribution is -0.132. The molecule has 4 aromatic rings. The van der Waals surface area contributed by atoms with Gasteiger partial charge in [0.15, 0.2) is 5.13 Å². The molecular formula is C29H26N2O5S. The Morgan fingerprint density at radius 1 is 1.05 bits per heavy atom. The van der Waals surface area contributed by atoms with E-state index >= 15 is 0 Å². The van der Waals surface area contributed by atoms with Crippen molar-refractivity contribution in [1.82, 2.24) is 4.98 Å². The van der Waals surface area contributed by atoms with Crippen LogP contribution in [0.5, 0.6) is 11.5 Å². The average Bonchev–Trinajstić information content (AvgIpc) is 3.44. The number of ketones is 1.